The third-order valence-corrected chi connectivity index (χ3v) is 4.81. The minimum absolute atomic E-state index is 0.0130. The molecular weight excluding hydrogens is 432 g/mol. The van der Waals surface area contributed by atoms with Gasteiger partial charge in [0.25, 0.3) is 5.91 Å². The third kappa shape index (κ3) is 7.86. The maximum atomic E-state index is 12.0. The molecule has 0 bridgehead atoms. The molecule has 0 unspecified atom stereocenters. The van der Waals surface area contributed by atoms with Crippen molar-refractivity contribution in [2.45, 2.75) is 38.0 Å². The topological polar surface area (TPSA) is 94.0 Å². The average molecular weight is 457 g/mol. The molecule has 2 aromatic rings. The first-order valence-electron chi connectivity index (χ1n) is 8.53. The molecule has 0 aliphatic heterocycles. The molecule has 27 heavy (non-hydrogen) atoms. The van der Waals surface area contributed by atoms with Gasteiger partial charge < -0.3 is 15.4 Å². The van der Waals surface area contributed by atoms with Crippen LogP contribution in [0.25, 0.3) is 0 Å². The lowest BCUT2D eigenvalue weighted by molar-refractivity contribution is -0.124. The molecular formula is C17H25BrN6O2S. The number of tetrazole rings is 1. The minimum atomic E-state index is -0.277. The van der Waals surface area contributed by atoms with Crippen LogP contribution in [0.4, 0.5) is 0 Å². The van der Waals surface area contributed by atoms with Crippen molar-refractivity contribution in [3.8, 4) is 5.75 Å². The largest absolute Gasteiger partial charge is 0.483 e. The molecule has 1 amide bonds. The number of nitrogens with zero attached hydrogens (tertiary/aromatic N) is 4. The van der Waals surface area contributed by atoms with E-state index in [2.05, 4.69) is 42.1 Å². The fraction of sp³-hybridized carbons (Fsp3) is 0.529. The number of hydrogen-bond acceptors (Lipinski definition) is 7. The number of rotatable bonds is 9. The van der Waals surface area contributed by atoms with Crippen LogP contribution in [0.15, 0.2) is 27.8 Å². The molecule has 2 rings (SSSR count). The molecule has 1 heterocycles. The zero-order valence-corrected chi connectivity index (χ0v) is 18.4. The van der Waals surface area contributed by atoms with Gasteiger partial charge in [-0.05, 0) is 49.4 Å². The molecule has 0 fully saturated rings. The summed E-state index contributed by atoms with van der Waals surface area (Å²) in [5, 5.41) is 18.4. The number of ether oxygens (including phenoxy) is 1. The van der Waals surface area contributed by atoms with E-state index in [0.29, 0.717) is 12.3 Å². The Balaban J connectivity index is 1.82. The summed E-state index contributed by atoms with van der Waals surface area (Å²) in [4.78, 5) is 12.0. The van der Waals surface area contributed by atoms with Gasteiger partial charge >= 0.3 is 0 Å². The van der Waals surface area contributed by atoms with Crippen LogP contribution >= 0.6 is 27.7 Å². The Kier molecular flexibility index (Phi) is 8.06. The standard InChI is InChI=1S/C17H25BrN6O2S/c1-17(2,3)20-15(25)11-26-14-6-5-13(18)9-12(14)10-19-7-8-27-16-21-22-23-24(16)4/h5-6,9,19H,7-8,10-11H2,1-4H3,(H,20,25). The van der Waals surface area contributed by atoms with Crippen LogP contribution < -0.4 is 15.4 Å². The summed E-state index contributed by atoms with van der Waals surface area (Å²) in [7, 11) is 1.82. The van der Waals surface area contributed by atoms with E-state index < -0.39 is 0 Å². The number of carbonyl (C=O) groups excluding carboxylic acids is 1. The number of benzene rings is 1. The molecule has 8 nitrogen and oxygen atoms in total. The van der Waals surface area contributed by atoms with E-state index in [1.807, 2.05) is 46.0 Å². The Morgan fingerprint density at radius 2 is 2.15 bits per heavy atom. The number of aryl methyl sites for hydroxylation is 1. The third-order valence-electron chi connectivity index (χ3n) is 3.30. The lowest BCUT2D eigenvalue weighted by atomic mass is 10.1. The average Bonchev–Trinajstić information content (AvgIpc) is 2.97. The Hall–Kier alpha value is -1.65. The van der Waals surface area contributed by atoms with Gasteiger partial charge in [-0.2, -0.15) is 0 Å². The van der Waals surface area contributed by atoms with Gasteiger partial charge in [-0.3, -0.25) is 4.79 Å². The SMILES string of the molecule is Cn1nnnc1SCCNCc1cc(Br)ccc1OCC(=O)NC(C)(C)C. The maximum absolute atomic E-state index is 12.0. The Morgan fingerprint density at radius 1 is 1.37 bits per heavy atom. The summed E-state index contributed by atoms with van der Waals surface area (Å²) in [5.41, 5.74) is 0.707. The number of thioether (sulfide) groups is 1. The summed E-state index contributed by atoms with van der Waals surface area (Å²) in [6.45, 7) is 7.22. The van der Waals surface area contributed by atoms with Crippen LogP contribution in [-0.4, -0.2) is 50.6 Å². The molecule has 0 aliphatic carbocycles. The van der Waals surface area contributed by atoms with Crippen LogP contribution in [0.3, 0.4) is 0 Å². The maximum Gasteiger partial charge on any atom is 0.258 e. The van der Waals surface area contributed by atoms with Crippen molar-refractivity contribution in [2.75, 3.05) is 18.9 Å². The molecule has 0 radical (unpaired) electrons. The first-order valence-corrected chi connectivity index (χ1v) is 10.3. The van der Waals surface area contributed by atoms with E-state index in [9.17, 15) is 4.79 Å². The summed E-state index contributed by atoms with van der Waals surface area (Å²) in [5.74, 6) is 1.39. The lowest BCUT2D eigenvalue weighted by Gasteiger charge is -2.21. The fourth-order valence-electron chi connectivity index (χ4n) is 2.21. The predicted octanol–water partition coefficient (Wildman–Crippen LogP) is 2.15. The van der Waals surface area contributed by atoms with Gasteiger partial charge in [0.1, 0.15) is 5.75 Å². The van der Waals surface area contributed by atoms with E-state index >= 15 is 0 Å². The van der Waals surface area contributed by atoms with E-state index in [0.717, 1.165) is 27.5 Å². The minimum Gasteiger partial charge on any atom is -0.483 e. The highest BCUT2D eigenvalue weighted by Gasteiger charge is 2.15. The second-order valence-electron chi connectivity index (χ2n) is 6.95. The summed E-state index contributed by atoms with van der Waals surface area (Å²) in [6.07, 6.45) is 0. The van der Waals surface area contributed by atoms with Crippen molar-refractivity contribution in [1.29, 1.82) is 0 Å². The molecule has 10 heteroatoms. The number of hydrogen-bond donors (Lipinski definition) is 2. The highest BCUT2D eigenvalue weighted by molar-refractivity contribution is 9.10. The van der Waals surface area contributed by atoms with Crippen LogP contribution in [0.1, 0.15) is 26.3 Å². The summed E-state index contributed by atoms with van der Waals surface area (Å²) in [6, 6.07) is 5.76. The molecule has 0 spiro atoms. The van der Waals surface area contributed by atoms with E-state index in [-0.39, 0.29) is 18.1 Å². The van der Waals surface area contributed by atoms with Crippen molar-refractivity contribution in [3.05, 3.63) is 28.2 Å². The Labute approximate surface area is 171 Å². The fourth-order valence-corrected chi connectivity index (χ4v) is 3.36. The highest BCUT2D eigenvalue weighted by atomic mass is 79.9. The second kappa shape index (κ2) is 10.0. The van der Waals surface area contributed by atoms with Gasteiger partial charge in [-0.1, -0.05) is 27.7 Å². The molecule has 1 aromatic heterocycles. The Bertz CT molecular complexity index is 762. The van der Waals surface area contributed by atoms with Gasteiger partial charge in [-0.15, -0.1) is 5.10 Å². The quantitative estimate of drug-likeness (QED) is 0.440. The molecule has 148 valence electrons. The number of nitrogens with one attached hydrogen (secondary N) is 2. The normalized spacial score (nSPS) is 11.4. The predicted molar refractivity (Wildman–Crippen MR) is 109 cm³/mol. The molecule has 1 aromatic carbocycles. The number of amides is 1. The first kappa shape index (κ1) is 21.6. The number of aromatic nitrogens is 4. The first-order chi connectivity index (χ1) is 12.7. The van der Waals surface area contributed by atoms with Crippen molar-refractivity contribution in [1.82, 2.24) is 30.8 Å². The van der Waals surface area contributed by atoms with Crippen LogP contribution in [-0.2, 0) is 18.4 Å². The summed E-state index contributed by atoms with van der Waals surface area (Å²) >= 11 is 5.07. The number of carbonyl (C=O) groups is 1. The monoisotopic (exact) mass is 456 g/mol. The Morgan fingerprint density at radius 3 is 2.81 bits per heavy atom. The van der Waals surface area contributed by atoms with Gasteiger partial charge in [0.2, 0.25) is 5.16 Å². The van der Waals surface area contributed by atoms with Crippen LogP contribution in [0, 0.1) is 0 Å². The van der Waals surface area contributed by atoms with Gasteiger partial charge in [0.15, 0.2) is 6.61 Å². The van der Waals surface area contributed by atoms with Crippen molar-refractivity contribution in [2.24, 2.45) is 7.05 Å². The van der Waals surface area contributed by atoms with Crippen molar-refractivity contribution < 1.29 is 9.53 Å². The lowest BCUT2D eigenvalue weighted by Crippen LogP contribution is -2.43. The van der Waals surface area contributed by atoms with Crippen LogP contribution in [0.2, 0.25) is 0 Å². The molecule has 2 N–H and O–H groups in total. The van der Waals surface area contributed by atoms with Crippen molar-refractivity contribution in [3.63, 3.8) is 0 Å². The van der Waals surface area contributed by atoms with Crippen molar-refractivity contribution >= 4 is 33.6 Å². The van der Waals surface area contributed by atoms with E-state index in [4.69, 9.17) is 4.74 Å². The smallest absolute Gasteiger partial charge is 0.258 e. The van der Waals surface area contributed by atoms with E-state index in [1.54, 1.807) is 16.4 Å². The summed E-state index contributed by atoms with van der Waals surface area (Å²) < 4.78 is 8.33. The zero-order valence-electron chi connectivity index (χ0n) is 16.0. The molecule has 0 atom stereocenters. The molecule has 0 saturated carbocycles. The zero-order chi connectivity index (χ0) is 19.9. The van der Waals surface area contributed by atoms with E-state index in [1.165, 1.54) is 0 Å². The molecule has 0 aliphatic rings. The van der Waals surface area contributed by atoms with Gasteiger partial charge in [0, 0.05) is 41.5 Å². The van der Waals surface area contributed by atoms with Gasteiger partial charge in [0.05, 0.1) is 0 Å². The van der Waals surface area contributed by atoms with Crippen LogP contribution in [0.5, 0.6) is 5.75 Å². The second-order valence-corrected chi connectivity index (χ2v) is 8.93. The highest BCUT2D eigenvalue weighted by Crippen LogP contribution is 2.23. The number of halogens is 1. The molecule has 0 saturated heterocycles. The van der Waals surface area contributed by atoms with Gasteiger partial charge in [-0.25, -0.2) is 4.68 Å².